The highest BCUT2D eigenvalue weighted by molar-refractivity contribution is 7.09. The number of aryl methyl sites for hydroxylation is 2. The normalized spacial score (nSPS) is 13.2. The predicted molar refractivity (Wildman–Crippen MR) is 86.6 cm³/mol. The van der Waals surface area contributed by atoms with Crippen LogP contribution in [-0.2, 0) is 0 Å². The number of hydrogen-bond acceptors (Lipinski definition) is 3. The van der Waals surface area contributed by atoms with E-state index in [0.717, 1.165) is 10.7 Å². The molecule has 1 aromatic heterocycles. The maximum Gasteiger partial charge on any atom is 0.193 e. The minimum Gasteiger partial charge on any atom is -0.370 e. The van der Waals surface area contributed by atoms with Crippen LogP contribution >= 0.6 is 11.3 Å². The van der Waals surface area contributed by atoms with E-state index in [1.807, 2.05) is 17.6 Å². The Morgan fingerprint density at radius 3 is 2.85 bits per heavy atom. The lowest BCUT2D eigenvalue weighted by atomic mass is 10.1. The van der Waals surface area contributed by atoms with Gasteiger partial charge in [0.2, 0.25) is 0 Å². The highest BCUT2D eigenvalue weighted by atomic mass is 32.1. The van der Waals surface area contributed by atoms with Gasteiger partial charge in [0.25, 0.3) is 0 Å². The maximum atomic E-state index is 5.92. The maximum absolute atomic E-state index is 5.92. The molecular weight excluding hydrogens is 268 g/mol. The Kier molecular flexibility index (Phi) is 4.74. The van der Waals surface area contributed by atoms with Crippen molar-refractivity contribution in [2.45, 2.75) is 26.7 Å². The van der Waals surface area contributed by atoms with Crippen LogP contribution in [-0.4, -0.2) is 17.5 Å². The number of rotatable bonds is 4. The number of aliphatic imine (C=N–C) groups is 1. The van der Waals surface area contributed by atoms with Gasteiger partial charge >= 0.3 is 0 Å². The zero-order chi connectivity index (χ0) is 14.5. The molecule has 1 atom stereocenters. The Hall–Kier alpha value is -1.88. The van der Waals surface area contributed by atoms with Crippen LogP contribution < -0.4 is 11.1 Å². The van der Waals surface area contributed by atoms with Crippen molar-refractivity contribution in [3.05, 3.63) is 45.9 Å². The summed E-state index contributed by atoms with van der Waals surface area (Å²) in [5.41, 5.74) is 9.39. The SMILES string of the molecule is Cc1ccc(NC(N)=NCC(C)c2nccs2)cc1C. The second kappa shape index (κ2) is 6.52. The van der Waals surface area contributed by atoms with Crippen LogP contribution in [0.1, 0.15) is 29.0 Å². The first-order chi connectivity index (χ1) is 9.56. The van der Waals surface area contributed by atoms with Gasteiger partial charge in [-0.25, -0.2) is 4.98 Å². The summed E-state index contributed by atoms with van der Waals surface area (Å²) in [4.78, 5) is 8.66. The van der Waals surface area contributed by atoms with Gasteiger partial charge in [0, 0.05) is 23.2 Å². The number of benzene rings is 1. The van der Waals surface area contributed by atoms with E-state index >= 15 is 0 Å². The number of nitrogens with zero attached hydrogens (tertiary/aromatic N) is 2. The van der Waals surface area contributed by atoms with Gasteiger partial charge in [0.15, 0.2) is 5.96 Å². The monoisotopic (exact) mass is 288 g/mol. The van der Waals surface area contributed by atoms with Crippen molar-refractivity contribution >= 4 is 23.0 Å². The summed E-state index contributed by atoms with van der Waals surface area (Å²) in [6.45, 7) is 6.91. The first-order valence-corrected chi connectivity index (χ1v) is 7.48. The molecule has 1 heterocycles. The first-order valence-electron chi connectivity index (χ1n) is 6.60. The summed E-state index contributed by atoms with van der Waals surface area (Å²) in [6, 6.07) is 6.15. The van der Waals surface area contributed by atoms with Crippen molar-refractivity contribution in [1.29, 1.82) is 0 Å². The van der Waals surface area contributed by atoms with Crippen molar-refractivity contribution in [1.82, 2.24) is 4.98 Å². The van der Waals surface area contributed by atoms with Crippen molar-refractivity contribution in [3.8, 4) is 0 Å². The van der Waals surface area contributed by atoms with Crippen molar-refractivity contribution < 1.29 is 0 Å². The predicted octanol–water partition coefficient (Wildman–Crippen LogP) is 3.29. The molecule has 1 unspecified atom stereocenters. The summed E-state index contributed by atoms with van der Waals surface area (Å²) in [7, 11) is 0. The number of anilines is 1. The summed E-state index contributed by atoms with van der Waals surface area (Å²) in [6.07, 6.45) is 1.82. The van der Waals surface area contributed by atoms with Gasteiger partial charge in [-0.15, -0.1) is 11.3 Å². The fraction of sp³-hybridized carbons (Fsp3) is 0.333. The number of hydrogen-bond donors (Lipinski definition) is 2. The first kappa shape index (κ1) is 14.5. The van der Waals surface area contributed by atoms with Gasteiger partial charge in [-0.3, -0.25) is 4.99 Å². The summed E-state index contributed by atoms with van der Waals surface area (Å²) >= 11 is 1.65. The van der Waals surface area contributed by atoms with Crippen LogP contribution in [0.25, 0.3) is 0 Å². The molecule has 0 saturated heterocycles. The molecule has 3 N–H and O–H groups in total. The molecule has 0 aliphatic carbocycles. The largest absolute Gasteiger partial charge is 0.370 e. The van der Waals surface area contributed by atoms with Gasteiger partial charge in [0.1, 0.15) is 0 Å². The van der Waals surface area contributed by atoms with E-state index in [-0.39, 0.29) is 5.92 Å². The molecule has 0 aliphatic heterocycles. The Balaban J connectivity index is 1.95. The molecular formula is C15H20N4S. The molecule has 0 saturated carbocycles. The molecule has 4 nitrogen and oxygen atoms in total. The Bertz CT molecular complexity index is 590. The smallest absolute Gasteiger partial charge is 0.193 e. The lowest BCUT2D eigenvalue weighted by Gasteiger charge is -2.09. The molecule has 1 aromatic carbocycles. The van der Waals surface area contributed by atoms with E-state index < -0.39 is 0 Å². The van der Waals surface area contributed by atoms with Crippen molar-refractivity contribution in [2.75, 3.05) is 11.9 Å². The topological polar surface area (TPSA) is 63.3 Å². The average molecular weight is 288 g/mol. The molecule has 2 aromatic rings. The van der Waals surface area contributed by atoms with Gasteiger partial charge in [-0.2, -0.15) is 0 Å². The van der Waals surface area contributed by atoms with Crippen molar-refractivity contribution in [3.63, 3.8) is 0 Å². The molecule has 0 bridgehead atoms. The third-order valence-corrected chi connectivity index (χ3v) is 4.19. The van der Waals surface area contributed by atoms with E-state index in [4.69, 9.17) is 5.73 Å². The van der Waals surface area contributed by atoms with Crippen LogP contribution in [0.15, 0.2) is 34.8 Å². The van der Waals surface area contributed by atoms with E-state index in [2.05, 4.69) is 48.2 Å². The number of thiazole rings is 1. The van der Waals surface area contributed by atoms with Crippen LogP contribution in [0.5, 0.6) is 0 Å². The zero-order valence-corrected chi connectivity index (χ0v) is 12.9. The highest BCUT2D eigenvalue weighted by Gasteiger charge is 2.07. The Labute approximate surface area is 123 Å². The van der Waals surface area contributed by atoms with Crippen LogP contribution in [0.3, 0.4) is 0 Å². The molecule has 20 heavy (non-hydrogen) atoms. The van der Waals surface area contributed by atoms with E-state index in [0.29, 0.717) is 12.5 Å². The number of guanidine groups is 1. The van der Waals surface area contributed by atoms with Gasteiger partial charge < -0.3 is 11.1 Å². The second-order valence-electron chi connectivity index (χ2n) is 4.92. The third-order valence-electron chi connectivity index (χ3n) is 3.19. The molecule has 0 fully saturated rings. The minimum absolute atomic E-state index is 0.287. The Morgan fingerprint density at radius 2 is 2.20 bits per heavy atom. The highest BCUT2D eigenvalue weighted by Crippen LogP contribution is 2.18. The fourth-order valence-corrected chi connectivity index (χ4v) is 2.49. The van der Waals surface area contributed by atoms with Crippen LogP contribution in [0.4, 0.5) is 5.69 Å². The van der Waals surface area contributed by atoms with Gasteiger partial charge in [-0.1, -0.05) is 13.0 Å². The molecule has 106 valence electrons. The van der Waals surface area contributed by atoms with E-state index in [9.17, 15) is 0 Å². The fourth-order valence-electron chi connectivity index (χ4n) is 1.80. The molecule has 0 aliphatic rings. The molecule has 0 spiro atoms. The summed E-state index contributed by atoms with van der Waals surface area (Å²) < 4.78 is 0. The number of nitrogens with two attached hydrogens (primary N) is 1. The average Bonchev–Trinajstić information content (AvgIpc) is 2.94. The van der Waals surface area contributed by atoms with Crippen molar-refractivity contribution in [2.24, 2.45) is 10.7 Å². The molecule has 0 amide bonds. The quantitative estimate of drug-likeness (QED) is 0.670. The van der Waals surface area contributed by atoms with Gasteiger partial charge in [-0.05, 0) is 37.1 Å². The zero-order valence-electron chi connectivity index (χ0n) is 12.1. The lowest BCUT2D eigenvalue weighted by molar-refractivity contribution is 0.766. The summed E-state index contributed by atoms with van der Waals surface area (Å²) in [5.74, 6) is 0.728. The van der Waals surface area contributed by atoms with Crippen LogP contribution in [0, 0.1) is 13.8 Å². The molecule has 5 heteroatoms. The lowest BCUT2D eigenvalue weighted by Crippen LogP contribution is -2.23. The summed E-state index contributed by atoms with van der Waals surface area (Å²) in [5, 5.41) is 6.19. The van der Waals surface area contributed by atoms with Crippen LogP contribution in [0.2, 0.25) is 0 Å². The molecule has 2 rings (SSSR count). The minimum atomic E-state index is 0.287. The van der Waals surface area contributed by atoms with Gasteiger partial charge in [0.05, 0.1) is 11.6 Å². The van der Waals surface area contributed by atoms with E-state index in [1.54, 1.807) is 11.3 Å². The third kappa shape index (κ3) is 3.81. The number of nitrogens with one attached hydrogen (secondary N) is 1. The van der Waals surface area contributed by atoms with E-state index in [1.165, 1.54) is 11.1 Å². The molecule has 0 radical (unpaired) electrons. The Morgan fingerprint density at radius 1 is 1.40 bits per heavy atom. The standard InChI is InChI=1S/C15H20N4S/c1-10-4-5-13(8-11(10)2)19-15(16)18-9-12(3)14-17-6-7-20-14/h4-8,12H,9H2,1-3H3,(H3,16,18,19). The number of aromatic nitrogens is 1. The second-order valence-corrected chi connectivity index (χ2v) is 5.85.